The fraction of sp³-hybridized carbons (Fsp3) is 0.429. The van der Waals surface area contributed by atoms with Crippen LogP contribution in [0.25, 0.3) is 5.13 Å². The lowest BCUT2D eigenvalue weighted by Gasteiger charge is -2.12. The minimum absolute atomic E-state index is 0.143. The van der Waals surface area contributed by atoms with Crippen LogP contribution in [-0.4, -0.2) is 25.6 Å². The summed E-state index contributed by atoms with van der Waals surface area (Å²) in [5.41, 5.74) is 2.33. The Kier molecular flexibility index (Phi) is 3.36. The van der Waals surface area contributed by atoms with Crippen molar-refractivity contribution in [3.63, 3.8) is 0 Å². The number of hydrogen-bond donors (Lipinski definition) is 1. The number of carboxylic acid groups (broad SMARTS) is 1. The third kappa shape index (κ3) is 2.37. The molecule has 0 amide bonds. The Morgan fingerprint density at radius 2 is 2.10 bits per heavy atom. The van der Waals surface area contributed by atoms with E-state index in [1.165, 1.54) is 20.8 Å². The van der Waals surface area contributed by atoms with Crippen LogP contribution < -0.4 is 5.69 Å². The fourth-order valence-electron chi connectivity index (χ4n) is 2.71. The summed E-state index contributed by atoms with van der Waals surface area (Å²) in [7, 11) is 0. The lowest BCUT2D eigenvalue weighted by molar-refractivity contribution is -0.136. The van der Waals surface area contributed by atoms with E-state index in [1.54, 1.807) is 13.8 Å². The van der Waals surface area contributed by atoms with E-state index >= 15 is 0 Å². The first-order valence-electron chi connectivity index (χ1n) is 6.77. The van der Waals surface area contributed by atoms with E-state index in [4.69, 9.17) is 5.11 Å². The number of hydrogen-bond acceptors (Lipinski definition) is 5. The molecule has 2 aromatic heterocycles. The summed E-state index contributed by atoms with van der Waals surface area (Å²) in [5, 5.41) is 9.61. The number of aryl methyl sites for hydroxylation is 3. The predicted molar refractivity (Wildman–Crippen MR) is 78.3 cm³/mol. The summed E-state index contributed by atoms with van der Waals surface area (Å²) in [4.78, 5) is 32.9. The highest BCUT2D eigenvalue weighted by Crippen LogP contribution is 2.29. The summed E-state index contributed by atoms with van der Waals surface area (Å²) in [6.45, 7) is 3.42. The minimum Gasteiger partial charge on any atom is -0.481 e. The summed E-state index contributed by atoms with van der Waals surface area (Å²) in [6, 6.07) is 0. The topological polar surface area (TPSA) is 85.1 Å². The van der Waals surface area contributed by atoms with Gasteiger partial charge in [-0.1, -0.05) is 0 Å². The summed E-state index contributed by atoms with van der Waals surface area (Å²) < 4.78 is 1.44. The molecule has 0 atom stereocenters. The average Bonchev–Trinajstić information content (AvgIpc) is 2.95. The normalized spacial score (nSPS) is 13.4. The zero-order chi connectivity index (χ0) is 15.1. The van der Waals surface area contributed by atoms with Gasteiger partial charge in [-0.15, -0.1) is 11.3 Å². The van der Waals surface area contributed by atoms with Crippen molar-refractivity contribution < 1.29 is 9.90 Å². The second kappa shape index (κ2) is 5.07. The molecule has 0 aliphatic heterocycles. The monoisotopic (exact) mass is 305 g/mol. The molecule has 110 valence electrons. The third-order valence-corrected chi connectivity index (χ3v) is 4.91. The predicted octanol–water partition coefficient (Wildman–Crippen LogP) is 1.42. The highest BCUT2D eigenvalue weighted by Gasteiger charge is 2.21. The highest BCUT2D eigenvalue weighted by molar-refractivity contribution is 7.14. The third-order valence-electron chi connectivity index (χ3n) is 3.77. The fourth-order valence-corrected chi connectivity index (χ4v) is 3.90. The van der Waals surface area contributed by atoms with Gasteiger partial charge in [0, 0.05) is 21.8 Å². The Balaban J connectivity index is 2.17. The van der Waals surface area contributed by atoms with Gasteiger partial charge in [-0.05, 0) is 33.1 Å². The van der Waals surface area contributed by atoms with E-state index in [1.807, 2.05) is 0 Å². The molecule has 21 heavy (non-hydrogen) atoms. The van der Waals surface area contributed by atoms with Crippen molar-refractivity contribution in [1.82, 2.24) is 14.5 Å². The molecule has 1 aliphatic rings. The van der Waals surface area contributed by atoms with E-state index in [-0.39, 0.29) is 6.42 Å². The Bertz CT molecular complexity index is 770. The number of aromatic nitrogens is 3. The molecule has 6 nitrogen and oxygen atoms in total. The van der Waals surface area contributed by atoms with E-state index < -0.39 is 11.7 Å². The first kappa shape index (κ1) is 13.9. The van der Waals surface area contributed by atoms with Crippen molar-refractivity contribution in [2.75, 3.05) is 0 Å². The highest BCUT2D eigenvalue weighted by atomic mass is 32.1. The van der Waals surface area contributed by atoms with Crippen LogP contribution in [0.15, 0.2) is 4.79 Å². The molecule has 0 unspecified atom stereocenters. The van der Waals surface area contributed by atoms with E-state index in [0.717, 1.165) is 25.0 Å². The van der Waals surface area contributed by atoms with Gasteiger partial charge in [-0.2, -0.15) is 4.98 Å². The van der Waals surface area contributed by atoms with Gasteiger partial charge in [-0.25, -0.2) is 14.3 Å². The summed E-state index contributed by atoms with van der Waals surface area (Å²) >= 11 is 1.50. The number of carbonyl (C=O) groups is 1. The van der Waals surface area contributed by atoms with Gasteiger partial charge in [0.05, 0.1) is 12.1 Å². The van der Waals surface area contributed by atoms with Crippen LogP contribution in [-0.2, 0) is 24.1 Å². The molecule has 0 fully saturated rings. The van der Waals surface area contributed by atoms with Crippen LogP contribution >= 0.6 is 11.3 Å². The van der Waals surface area contributed by atoms with Crippen LogP contribution in [0.5, 0.6) is 0 Å². The lowest BCUT2D eigenvalue weighted by atomic mass is 10.1. The average molecular weight is 305 g/mol. The van der Waals surface area contributed by atoms with E-state index in [2.05, 4.69) is 9.97 Å². The van der Waals surface area contributed by atoms with E-state index in [0.29, 0.717) is 22.1 Å². The van der Waals surface area contributed by atoms with Crippen molar-refractivity contribution in [3.05, 3.63) is 38.0 Å². The van der Waals surface area contributed by atoms with E-state index in [9.17, 15) is 9.59 Å². The Morgan fingerprint density at radius 3 is 2.76 bits per heavy atom. The first-order chi connectivity index (χ1) is 9.97. The SMILES string of the molecule is Cc1nc(=O)n(-c2nc3c(s2)CCC3)c(C)c1CC(=O)O. The molecule has 0 aromatic carbocycles. The van der Waals surface area contributed by atoms with Gasteiger partial charge in [0.1, 0.15) is 0 Å². The second-order valence-corrected chi connectivity index (χ2v) is 6.23. The Labute approximate surface area is 125 Å². The molecular formula is C14H15N3O3S. The number of nitrogens with zero attached hydrogens (tertiary/aromatic N) is 3. The van der Waals surface area contributed by atoms with Crippen molar-refractivity contribution in [3.8, 4) is 5.13 Å². The second-order valence-electron chi connectivity index (χ2n) is 5.17. The van der Waals surface area contributed by atoms with Crippen molar-refractivity contribution in [1.29, 1.82) is 0 Å². The van der Waals surface area contributed by atoms with Gasteiger partial charge in [0.15, 0.2) is 5.13 Å². The zero-order valence-electron chi connectivity index (χ0n) is 11.8. The first-order valence-corrected chi connectivity index (χ1v) is 7.59. The molecule has 0 spiro atoms. The van der Waals surface area contributed by atoms with Crippen LogP contribution in [0.2, 0.25) is 0 Å². The minimum atomic E-state index is -0.935. The molecule has 0 saturated carbocycles. The number of carboxylic acids is 1. The number of fused-ring (bicyclic) bond motifs is 1. The number of thiazole rings is 1. The van der Waals surface area contributed by atoms with Crippen LogP contribution in [0.4, 0.5) is 0 Å². The van der Waals surface area contributed by atoms with Crippen LogP contribution in [0.1, 0.15) is 33.9 Å². The summed E-state index contributed by atoms with van der Waals surface area (Å²) in [5.74, 6) is -0.935. The maximum absolute atomic E-state index is 12.2. The summed E-state index contributed by atoms with van der Waals surface area (Å²) in [6.07, 6.45) is 2.91. The van der Waals surface area contributed by atoms with Gasteiger partial charge >= 0.3 is 11.7 Å². The van der Waals surface area contributed by atoms with Crippen molar-refractivity contribution >= 4 is 17.3 Å². The lowest BCUT2D eigenvalue weighted by Crippen LogP contribution is -2.27. The number of rotatable bonds is 3. The Hall–Kier alpha value is -2.02. The number of aliphatic carboxylic acids is 1. The van der Waals surface area contributed by atoms with Gasteiger partial charge < -0.3 is 5.11 Å². The molecule has 2 aromatic rings. The molecule has 0 bridgehead atoms. The maximum atomic E-state index is 12.2. The van der Waals surface area contributed by atoms with Gasteiger partial charge in [0.2, 0.25) is 0 Å². The van der Waals surface area contributed by atoms with Crippen molar-refractivity contribution in [2.45, 2.75) is 39.5 Å². The largest absolute Gasteiger partial charge is 0.481 e. The quantitative estimate of drug-likeness (QED) is 0.927. The van der Waals surface area contributed by atoms with Crippen LogP contribution in [0, 0.1) is 13.8 Å². The van der Waals surface area contributed by atoms with Crippen molar-refractivity contribution in [2.24, 2.45) is 0 Å². The van der Waals surface area contributed by atoms with Crippen LogP contribution in [0.3, 0.4) is 0 Å². The molecule has 1 aliphatic carbocycles. The molecule has 1 N–H and O–H groups in total. The van der Waals surface area contributed by atoms with Gasteiger partial charge in [0.25, 0.3) is 0 Å². The molecule has 7 heteroatoms. The zero-order valence-corrected chi connectivity index (χ0v) is 12.7. The molecular weight excluding hydrogens is 290 g/mol. The standard InChI is InChI=1S/C14H15N3O3S/c1-7-9(6-12(18)19)8(2)17(13(20)15-7)14-16-10-4-3-5-11(10)21-14/h3-6H2,1-2H3,(H,18,19). The molecule has 0 saturated heterocycles. The maximum Gasteiger partial charge on any atom is 0.354 e. The van der Waals surface area contributed by atoms with Gasteiger partial charge in [-0.3, -0.25) is 4.79 Å². The smallest absolute Gasteiger partial charge is 0.354 e. The molecule has 3 rings (SSSR count). The Morgan fingerprint density at radius 1 is 1.33 bits per heavy atom. The molecule has 0 radical (unpaired) electrons. The molecule has 2 heterocycles.